The largest absolute Gasteiger partial charge is 0.480 e. The zero-order valence-electron chi connectivity index (χ0n) is 23.9. The van der Waals surface area contributed by atoms with Gasteiger partial charge in [0.2, 0.25) is 0 Å². The number of carbonyl (C=O) groups excluding carboxylic acids is 1. The molecule has 1 aliphatic rings. The smallest absolute Gasteiger partial charge is 0.411 e. The number of anilines is 1. The lowest BCUT2D eigenvalue weighted by atomic mass is 9.93. The van der Waals surface area contributed by atoms with E-state index in [0.29, 0.717) is 28.8 Å². The van der Waals surface area contributed by atoms with Gasteiger partial charge in [0.1, 0.15) is 29.3 Å². The minimum absolute atomic E-state index is 0.0936. The molecule has 1 saturated heterocycles. The second-order valence-electron chi connectivity index (χ2n) is 10.8. The standard InChI is InChI=1S/C33H25F5N4O4/c34-25-14-20(42-11-12-46-17-28(42)33(36,37)38)15-26(35)29(25)31(43)41-27(32(44)45)13-19-3-1-5-22-21(19)4-2-6-23(22)30-24-16-39-9-7-18(24)8-10-40-30/h1-10,14-16,27-28H,11-13,17H2,(H,41,43)(H,44,45)/t27-,28+/m0/s1. The average molecular weight is 637 g/mol. The van der Waals surface area contributed by atoms with Crippen LogP contribution in [0.5, 0.6) is 0 Å². The van der Waals surface area contributed by atoms with Gasteiger partial charge in [-0.25, -0.2) is 13.6 Å². The number of rotatable bonds is 7. The van der Waals surface area contributed by atoms with Crippen molar-refractivity contribution in [2.75, 3.05) is 24.7 Å². The number of aliphatic carboxylic acids is 1. The van der Waals surface area contributed by atoms with Gasteiger partial charge < -0.3 is 20.1 Å². The number of ether oxygens (including phenoxy) is 1. The number of alkyl halides is 3. The predicted octanol–water partition coefficient (Wildman–Crippen LogP) is 5.92. The lowest BCUT2D eigenvalue weighted by Gasteiger charge is -2.38. The van der Waals surface area contributed by atoms with E-state index in [4.69, 9.17) is 4.74 Å². The Morgan fingerprint density at radius 2 is 1.72 bits per heavy atom. The third-order valence-corrected chi connectivity index (χ3v) is 7.95. The fraction of sp³-hybridized carbons (Fsp3) is 0.212. The summed E-state index contributed by atoms with van der Waals surface area (Å²) in [5.41, 5.74) is 0.445. The third kappa shape index (κ3) is 5.93. The molecule has 2 aromatic heterocycles. The summed E-state index contributed by atoms with van der Waals surface area (Å²) < 4.78 is 75.7. The summed E-state index contributed by atoms with van der Waals surface area (Å²) in [7, 11) is 0. The summed E-state index contributed by atoms with van der Waals surface area (Å²) >= 11 is 0. The van der Waals surface area contributed by atoms with Gasteiger partial charge in [0.25, 0.3) is 5.91 Å². The fourth-order valence-corrected chi connectivity index (χ4v) is 5.76. The van der Waals surface area contributed by atoms with Crippen LogP contribution < -0.4 is 10.2 Å². The maximum Gasteiger partial charge on any atom is 0.411 e. The summed E-state index contributed by atoms with van der Waals surface area (Å²) in [6.07, 6.45) is 0.0818. The zero-order valence-corrected chi connectivity index (χ0v) is 23.9. The van der Waals surface area contributed by atoms with Crippen molar-refractivity contribution in [2.24, 2.45) is 0 Å². The maximum atomic E-state index is 15.1. The van der Waals surface area contributed by atoms with Crippen LogP contribution in [0.2, 0.25) is 0 Å². The highest BCUT2D eigenvalue weighted by Crippen LogP contribution is 2.35. The molecule has 5 aromatic rings. The van der Waals surface area contributed by atoms with Crippen molar-refractivity contribution >= 4 is 39.1 Å². The van der Waals surface area contributed by atoms with Gasteiger partial charge in [-0.05, 0) is 46.0 Å². The molecular weight excluding hydrogens is 611 g/mol. The van der Waals surface area contributed by atoms with E-state index in [9.17, 15) is 27.9 Å². The summed E-state index contributed by atoms with van der Waals surface area (Å²) in [5.74, 6) is -5.69. The van der Waals surface area contributed by atoms with E-state index in [-0.39, 0.29) is 19.6 Å². The van der Waals surface area contributed by atoms with Gasteiger partial charge in [0.05, 0.1) is 18.9 Å². The molecule has 0 aliphatic carbocycles. The molecule has 2 N–H and O–H groups in total. The number of halogens is 5. The summed E-state index contributed by atoms with van der Waals surface area (Å²) in [6.45, 7) is -1.10. The van der Waals surface area contributed by atoms with E-state index in [1.165, 1.54) is 0 Å². The lowest BCUT2D eigenvalue weighted by Crippen LogP contribution is -2.53. The number of nitrogens with one attached hydrogen (secondary N) is 1. The number of carboxylic acids is 1. The minimum atomic E-state index is -4.73. The second kappa shape index (κ2) is 12.3. The van der Waals surface area contributed by atoms with Gasteiger partial charge in [-0.15, -0.1) is 0 Å². The summed E-state index contributed by atoms with van der Waals surface area (Å²) in [5, 5.41) is 15.3. The fourth-order valence-electron chi connectivity index (χ4n) is 5.76. The first kappa shape index (κ1) is 30.8. The number of fused-ring (bicyclic) bond motifs is 2. The van der Waals surface area contributed by atoms with E-state index in [1.54, 1.807) is 42.9 Å². The van der Waals surface area contributed by atoms with Crippen LogP contribution in [0, 0.1) is 11.6 Å². The Bertz CT molecular complexity index is 1940. The molecule has 2 atom stereocenters. The molecular formula is C33H25F5N4O4. The zero-order chi connectivity index (χ0) is 32.6. The molecule has 0 bridgehead atoms. The van der Waals surface area contributed by atoms with Gasteiger partial charge in [-0.3, -0.25) is 14.8 Å². The Labute approximate surface area is 258 Å². The van der Waals surface area contributed by atoms with E-state index in [2.05, 4.69) is 15.3 Å². The molecule has 0 spiro atoms. The quantitative estimate of drug-likeness (QED) is 0.214. The van der Waals surface area contributed by atoms with Crippen LogP contribution in [0.1, 0.15) is 15.9 Å². The normalized spacial score (nSPS) is 16.0. The van der Waals surface area contributed by atoms with Crippen LogP contribution in [0.4, 0.5) is 27.6 Å². The molecule has 3 heterocycles. The Kier molecular flexibility index (Phi) is 8.26. The third-order valence-electron chi connectivity index (χ3n) is 7.95. The van der Waals surface area contributed by atoms with Gasteiger partial charge in [0.15, 0.2) is 0 Å². The maximum absolute atomic E-state index is 15.1. The Hall–Kier alpha value is -5.17. The van der Waals surface area contributed by atoms with Crippen molar-refractivity contribution < 1.29 is 41.4 Å². The van der Waals surface area contributed by atoms with Gasteiger partial charge in [-0.2, -0.15) is 13.2 Å². The van der Waals surface area contributed by atoms with Gasteiger partial charge in [0, 0.05) is 48.2 Å². The van der Waals surface area contributed by atoms with E-state index >= 15 is 8.78 Å². The van der Waals surface area contributed by atoms with Crippen molar-refractivity contribution in [1.29, 1.82) is 0 Å². The Morgan fingerprint density at radius 3 is 2.46 bits per heavy atom. The molecule has 8 nitrogen and oxygen atoms in total. The van der Waals surface area contributed by atoms with Crippen LogP contribution in [0.15, 0.2) is 79.3 Å². The number of hydrogen-bond donors (Lipinski definition) is 2. The second-order valence-corrected chi connectivity index (χ2v) is 10.8. The Morgan fingerprint density at radius 1 is 1.00 bits per heavy atom. The SMILES string of the molecule is O=C(N[C@@H](Cc1cccc2c(-c3nccc4ccncc34)cccc12)C(=O)O)c1c(F)cc(N2CCOC[C@@H]2C(F)(F)F)cc1F. The van der Waals surface area contributed by atoms with Crippen LogP contribution >= 0.6 is 0 Å². The monoisotopic (exact) mass is 636 g/mol. The lowest BCUT2D eigenvalue weighted by molar-refractivity contribution is -0.167. The number of morpholine rings is 1. The molecule has 0 radical (unpaired) electrons. The van der Waals surface area contributed by atoms with Crippen molar-refractivity contribution in [3.05, 3.63) is 102 Å². The highest BCUT2D eigenvalue weighted by Gasteiger charge is 2.46. The number of nitrogens with zero attached hydrogens (tertiary/aromatic N) is 3. The van der Waals surface area contributed by atoms with E-state index in [0.717, 1.165) is 26.6 Å². The first-order valence-corrected chi connectivity index (χ1v) is 14.2. The number of carbonyl (C=O) groups is 2. The average Bonchev–Trinajstić information content (AvgIpc) is 3.03. The molecule has 13 heteroatoms. The van der Waals surface area contributed by atoms with Crippen LogP contribution in [-0.4, -0.2) is 65.0 Å². The highest BCUT2D eigenvalue weighted by atomic mass is 19.4. The molecule has 0 saturated carbocycles. The highest BCUT2D eigenvalue weighted by molar-refractivity contribution is 6.04. The van der Waals surface area contributed by atoms with Crippen molar-refractivity contribution in [3.8, 4) is 11.3 Å². The first-order chi connectivity index (χ1) is 22.0. The van der Waals surface area contributed by atoms with Crippen molar-refractivity contribution in [2.45, 2.75) is 24.7 Å². The number of amides is 1. The minimum Gasteiger partial charge on any atom is -0.480 e. The molecule has 0 unspecified atom stereocenters. The summed E-state index contributed by atoms with van der Waals surface area (Å²) in [4.78, 5) is 34.8. The molecule has 3 aromatic carbocycles. The van der Waals surface area contributed by atoms with E-state index in [1.807, 2.05) is 24.3 Å². The molecule has 1 amide bonds. The number of benzene rings is 3. The van der Waals surface area contributed by atoms with Gasteiger partial charge in [-0.1, -0.05) is 36.4 Å². The molecule has 6 rings (SSSR count). The summed E-state index contributed by atoms with van der Waals surface area (Å²) in [6, 6.07) is 11.9. The van der Waals surface area contributed by atoms with Crippen molar-refractivity contribution in [1.82, 2.24) is 15.3 Å². The van der Waals surface area contributed by atoms with Crippen LogP contribution in [0.25, 0.3) is 32.8 Å². The first-order valence-electron chi connectivity index (χ1n) is 14.2. The van der Waals surface area contributed by atoms with Crippen molar-refractivity contribution in [3.63, 3.8) is 0 Å². The van der Waals surface area contributed by atoms with Gasteiger partial charge >= 0.3 is 12.1 Å². The topological polar surface area (TPSA) is 105 Å². The predicted molar refractivity (Wildman–Crippen MR) is 159 cm³/mol. The number of aromatic nitrogens is 2. The van der Waals surface area contributed by atoms with E-state index < -0.39 is 59.6 Å². The molecule has 46 heavy (non-hydrogen) atoms. The Balaban J connectivity index is 1.29. The van der Waals surface area contributed by atoms with Crippen LogP contribution in [0.3, 0.4) is 0 Å². The number of hydrogen-bond acceptors (Lipinski definition) is 6. The number of pyridine rings is 2. The molecule has 236 valence electrons. The van der Waals surface area contributed by atoms with Crippen LogP contribution in [-0.2, 0) is 16.0 Å². The molecule has 1 aliphatic heterocycles. The number of carboxylic acid groups (broad SMARTS) is 1. The molecule has 1 fully saturated rings.